The quantitative estimate of drug-likeness (QED) is 0.610. The Morgan fingerprint density at radius 2 is 2.12 bits per heavy atom. The van der Waals surface area contributed by atoms with Gasteiger partial charge in [0.1, 0.15) is 5.75 Å². The van der Waals surface area contributed by atoms with Crippen LogP contribution in [0, 0.1) is 0 Å². The Morgan fingerprint density at radius 3 is 2.65 bits per heavy atom. The van der Waals surface area contributed by atoms with Gasteiger partial charge in [0.2, 0.25) is 6.08 Å². The predicted molar refractivity (Wildman–Crippen MR) is 66.3 cm³/mol. The van der Waals surface area contributed by atoms with Crippen molar-refractivity contribution in [1.29, 1.82) is 0 Å². The molecule has 0 N–H and O–H groups in total. The molecule has 3 nitrogen and oxygen atoms in total. The van der Waals surface area contributed by atoms with E-state index in [4.69, 9.17) is 16.3 Å². The number of halogens is 1. The van der Waals surface area contributed by atoms with E-state index < -0.39 is 5.54 Å². The van der Waals surface area contributed by atoms with Crippen molar-refractivity contribution < 1.29 is 9.53 Å². The van der Waals surface area contributed by atoms with Crippen LogP contribution >= 0.6 is 11.6 Å². The van der Waals surface area contributed by atoms with Gasteiger partial charge in [0.25, 0.3) is 0 Å². The number of aliphatic imine (C=N–C) groups is 1. The second-order valence-electron chi connectivity index (χ2n) is 4.29. The van der Waals surface area contributed by atoms with Crippen LogP contribution in [-0.2, 0) is 10.3 Å². The number of benzene rings is 1. The molecule has 0 saturated heterocycles. The van der Waals surface area contributed by atoms with Crippen molar-refractivity contribution in [1.82, 2.24) is 0 Å². The van der Waals surface area contributed by atoms with Crippen molar-refractivity contribution in [3.8, 4) is 5.75 Å². The number of nitrogens with zero attached hydrogens (tertiary/aromatic N) is 1. The van der Waals surface area contributed by atoms with E-state index in [0.29, 0.717) is 10.8 Å². The SMILES string of the molecule is COc1ccc(C2(N=C=O)CCCC2)cc1Cl. The Morgan fingerprint density at radius 1 is 1.41 bits per heavy atom. The first-order chi connectivity index (χ1) is 8.22. The molecule has 17 heavy (non-hydrogen) atoms. The molecule has 4 heteroatoms. The molecule has 0 aliphatic heterocycles. The molecule has 0 aromatic heterocycles. The largest absolute Gasteiger partial charge is 0.495 e. The summed E-state index contributed by atoms with van der Waals surface area (Å²) in [7, 11) is 1.58. The van der Waals surface area contributed by atoms with Crippen LogP contribution in [-0.4, -0.2) is 13.2 Å². The third kappa shape index (κ3) is 2.21. The number of rotatable bonds is 3. The summed E-state index contributed by atoms with van der Waals surface area (Å²) in [6.45, 7) is 0. The molecular weight excluding hydrogens is 238 g/mol. The van der Waals surface area contributed by atoms with Gasteiger partial charge in [0.05, 0.1) is 17.7 Å². The molecule has 1 fully saturated rings. The number of ether oxygens (including phenoxy) is 1. The summed E-state index contributed by atoms with van der Waals surface area (Å²) >= 11 is 6.10. The van der Waals surface area contributed by atoms with Gasteiger partial charge in [-0.1, -0.05) is 30.5 Å². The highest BCUT2D eigenvalue weighted by molar-refractivity contribution is 6.32. The van der Waals surface area contributed by atoms with E-state index in [9.17, 15) is 4.79 Å². The Bertz CT molecular complexity index is 460. The zero-order valence-corrected chi connectivity index (χ0v) is 10.5. The molecule has 0 radical (unpaired) electrons. The highest BCUT2D eigenvalue weighted by atomic mass is 35.5. The molecular formula is C13H14ClNO2. The number of carbonyl (C=O) groups excluding carboxylic acids is 1. The van der Waals surface area contributed by atoms with Crippen LogP contribution < -0.4 is 4.74 Å². The van der Waals surface area contributed by atoms with E-state index in [1.54, 1.807) is 13.2 Å². The first-order valence-electron chi connectivity index (χ1n) is 5.65. The van der Waals surface area contributed by atoms with Crippen molar-refractivity contribution in [2.75, 3.05) is 7.11 Å². The van der Waals surface area contributed by atoms with Gasteiger partial charge < -0.3 is 4.74 Å². The number of methoxy groups -OCH3 is 1. The summed E-state index contributed by atoms with van der Waals surface area (Å²) in [5, 5.41) is 0.553. The van der Waals surface area contributed by atoms with Crippen molar-refractivity contribution in [3.63, 3.8) is 0 Å². The fourth-order valence-corrected chi connectivity index (χ4v) is 2.73. The molecule has 1 aliphatic rings. The highest BCUT2D eigenvalue weighted by Crippen LogP contribution is 2.43. The van der Waals surface area contributed by atoms with Crippen molar-refractivity contribution in [2.24, 2.45) is 4.99 Å². The van der Waals surface area contributed by atoms with Gasteiger partial charge in [0.15, 0.2) is 0 Å². The number of isocyanates is 1. The summed E-state index contributed by atoms with van der Waals surface area (Å²) in [6, 6.07) is 5.58. The van der Waals surface area contributed by atoms with Gasteiger partial charge in [-0.05, 0) is 30.5 Å². The second kappa shape index (κ2) is 4.91. The summed E-state index contributed by atoms with van der Waals surface area (Å²) in [5.74, 6) is 0.638. The number of hydrogen-bond acceptors (Lipinski definition) is 3. The summed E-state index contributed by atoms with van der Waals surface area (Å²) < 4.78 is 5.12. The molecule has 0 bridgehead atoms. The summed E-state index contributed by atoms with van der Waals surface area (Å²) in [4.78, 5) is 14.6. The minimum Gasteiger partial charge on any atom is -0.495 e. The molecule has 0 unspecified atom stereocenters. The zero-order chi connectivity index (χ0) is 12.3. The third-order valence-corrected chi connectivity index (χ3v) is 3.67. The van der Waals surface area contributed by atoms with E-state index in [0.717, 1.165) is 31.2 Å². The standard InChI is InChI=1S/C13H14ClNO2/c1-17-12-5-4-10(8-11(12)14)13(15-9-16)6-2-3-7-13/h4-5,8H,2-3,6-7H2,1H3. The molecule has 1 aromatic rings. The first-order valence-corrected chi connectivity index (χ1v) is 6.03. The van der Waals surface area contributed by atoms with E-state index >= 15 is 0 Å². The minimum absolute atomic E-state index is 0.419. The molecule has 0 heterocycles. The van der Waals surface area contributed by atoms with Crippen LogP contribution in [0.25, 0.3) is 0 Å². The third-order valence-electron chi connectivity index (χ3n) is 3.38. The average Bonchev–Trinajstić information content (AvgIpc) is 2.79. The lowest BCUT2D eigenvalue weighted by molar-refractivity contribution is 0.413. The Labute approximate surface area is 105 Å². The van der Waals surface area contributed by atoms with E-state index in [2.05, 4.69) is 4.99 Å². The second-order valence-corrected chi connectivity index (χ2v) is 4.70. The van der Waals surface area contributed by atoms with Crippen LogP contribution in [0.1, 0.15) is 31.2 Å². The predicted octanol–water partition coefficient (Wildman–Crippen LogP) is 3.45. The lowest BCUT2D eigenvalue weighted by Crippen LogP contribution is -2.18. The highest BCUT2D eigenvalue weighted by Gasteiger charge is 2.35. The molecule has 0 atom stereocenters. The minimum atomic E-state index is -0.419. The van der Waals surface area contributed by atoms with Gasteiger partial charge in [-0.25, -0.2) is 4.79 Å². The lowest BCUT2D eigenvalue weighted by atomic mass is 9.89. The maximum absolute atomic E-state index is 10.6. The molecule has 1 saturated carbocycles. The summed E-state index contributed by atoms with van der Waals surface area (Å²) in [6.07, 6.45) is 5.61. The smallest absolute Gasteiger partial charge is 0.235 e. The zero-order valence-electron chi connectivity index (χ0n) is 9.70. The Balaban J connectivity index is 2.44. The van der Waals surface area contributed by atoms with E-state index in [1.807, 2.05) is 18.2 Å². The van der Waals surface area contributed by atoms with Gasteiger partial charge in [0, 0.05) is 0 Å². The van der Waals surface area contributed by atoms with Crippen LogP contribution in [0.5, 0.6) is 5.75 Å². The van der Waals surface area contributed by atoms with Crippen LogP contribution in [0.4, 0.5) is 0 Å². The average molecular weight is 252 g/mol. The molecule has 0 amide bonds. The van der Waals surface area contributed by atoms with Gasteiger partial charge >= 0.3 is 0 Å². The molecule has 1 aromatic carbocycles. The maximum atomic E-state index is 10.6. The maximum Gasteiger partial charge on any atom is 0.235 e. The van der Waals surface area contributed by atoms with Crippen LogP contribution in [0.2, 0.25) is 5.02 Å². The normalized spacial score (nSPS) is 17.5. The first kappa shape index (κ1) is 12.2. The molecule has 0 spiro atoms. The fourth-order valence-electron chi connectivity index (χ4n) is 2.47. The van der Waals surface area contributed by atoms with Gasteiger partial charge in [-0.2, -0.15) is 4.99 Å². The molecule has 1 aliphatic carbocycles. The van der Waals surface area contributed by atoms with Gasteiger partial charge in [-0.15, -0.1) is 0 Å². The molecule has 2 rings (SSSR count). The Hall–Kier alpha value is -1.31. The van der Waals surface area contributed by atoms with Crippen molar-refractivity contribution in [3.05, 3.63) is 28.8 Å². The Kier molecular flexibility index (Phi) is 3.51. The molecule has 90 valence electrons. The number of hydrogen-bond donors (Lipinski definition) is 0. The lowest BCUT2D eigenvalue weighted by Gasteiger charge is -2.23. The topological polar surface area (TPSA) is 38.7 Å². The monoisotopic (exact) mass is 251 g/mol. The van der Waals surface area contributed by atoms with Crippen LogP contribution in [0.15, 0.2) is 23.2 Å². The van der Waals surface area contributed by atoms with Crippen molar-refractivity contribution >= 4 is 17.7 Å². The van der Waals surface area contributed by atoms with E-state index in [1.165, 1.54) is 0 Å². The van der Waals surface area contributed by atoms with Gasteiger partial charge in [-0.3, -0.25) is 0 Å². The van der Waals surface area contributed by atoms with Crippen LogP contribution in [0.3, 0.4) is 0 Å². The van der Waals surface area contributed by atoms with Crippen molar-refractivity contribution in [2.45, 2.75) is 31.2 Å². The summed E-state index contributed by atoms with van der Waals surface area (Å²) in [5.41, 5.74) is 0.557. The van der Waals surface area contributed by atoms with E-state index in [-0.39, 0.29) is 0 Å². The fraction of sp³-hybridized carbons (Fsp3) is 0.462.